The number of benzene rings is 6. The Morgan fingerprint density at radius 2 is 0.957 bits per heavy atom. The fourth-order valence-corrected chi connectivity index (χ4v) is 6.18. The smallest absolute Gasteiger partial charge is 0.338 e. The van der Waals surface area contributed by atoms with Crippen LogP contribution in [0.15, 0.2) is 155 Å². The van der Waals surface area contributed by atoms with Crippen LogP contribution in [-0.4, -0.2) is 18.2 Å². The van der Waals surface area contributed by atoms with Gasteiger partial charge in [0.2, 0.25) is 0 Å². The predicted octanol–water partition coefficient (Wildman–Crippen LogP) is 11.6. The van der Waals surface area contributed by atoms with Crippen molar-refractivity contribution < 1.29 is 14.6 Å². The number of halogens is 2. The lowest BCUT2D eigenvalue weighted by atomic mass is 9.86. The number of methoxy groups -OCH3 is 1. The van der Waals surface area contributed by atoms with Gasteiger partial charge in [0, 0.05) is 8.95 Å². The lowest BCUT2D eigenvalue weighted by Crippen LogP contribution is -2.17. The van der Waals surface area contributed by atoms with E-state index in [2.05, 4.69) is 86.5 Å². The third kappa shape index (κ3) is 7.73. The van der Waals surface area contributed by atoms with Gasteiger partial charge in [-0.1, -0.05) is 153 Å². The number of esters is 1. The minimum absolute atomic E-state index is 0.343. The number of hydrogen-bond acceptors (Lipinski definition) is 3. The van der Waals surface area contributed by atoms with E-state index < -0.39 is 5.60 Å². The zero-order chi connectivity index (χ0) is 32.7. The van der Waals surface area contributed by atoms with Crippen LogP contribution in [0.25, 0.3) is 44.5 Å². The molecule has 0 atom stereocenters. The van der Waals surface area contributed by atoms with E-state index in [0.717, 1.165) is 47.9 Å². The van der Waals surface area contributed by atoms with Crippen LogP contribution in [-0.2, 0) is 10.3 Å². The summed E-state index contributed by atoms with van der Waals surface area (Å²) in [4.78, 5) is 12.2. The number of carbonyl (C=O) groups excluding carboxylic acids is 1. The van der Waals surface area contributed by atoms with Crippen molar-refractivity contribution in [2.24, 2.45) is 0 Å². The minimum Gasteiger partial charge on any atom is -0.465 e. The first-order valence-electron chi connectivity index (χ1n) is 14.9. The summed E-state index contributed by atoms with van der Waals surface area (Å²) in [6, 6.07) is 48.6. The Bertz CT molecular complexity index is 1950. The van der Waals surface area contributed by atoms with Crippen molar-refractivity contribution in [1.82, 2.24) is 0 Å². The molecule has 0 aliphatic carbocycles. The average Bonchev–Trinajstić information content (AvgIpc) is 3.08. The van der Waals surface area contributed by atoms with Crippen molar-refractivity contribution in [3.63, 3.8) is 0 Å². The van der Waals surface area contributed by atoms with Crippen LogP contribution < -0.4 is 0 Å². The molecule has 6 aromatic carbocycles. The van der Waals surface area contributed by atoms with Gasteiger partial charge in [-0.15, -0.1) is 0 Å². The molecule has 0 saturated carbocycles. The molecule has 6 rings (SSSR count). The minimum atomic E-state index is -0.914. The van der Waals surface area contributed by atoms with Gasteiger partial charge in [0.05, 0.1) is 18.3 Å². The van der Waals surface area contributed by atoms with E-state index in [4.69, 9.17) is 4.74 Å². The highest BCUT2D eigenvalue weighted by Crippen LogP contribution is 2.39. The molecule has 0 aliphatic heterocycles. The second kappa shape index (κ2) is 14.9. The molecule has 0 heterocycles. The van der Waals surface area contributed by atoms with Crippen LogP contribution in [0.4, 0.5) is 0 Å². The van der Waals surface area contributed by atoms with Gasteiger partial charge in [0.1, 0.15) is 0 Å². The number of hydrogen-bond donors (Lipinski definition) is 1. The van der Waals surface area contributed by atoms with Crippen LogP contribution in [0.2, 0.25) is 0 Å². The van der Waals surface area contributed by atoms with E-state index in [1.54, 1.807) is 6.07 Å². The van der Waals surface area contributed by atoms with E-state index in [1.165, 1.54) is 18.2 Å². The van der Waals surface area contributed by atoms with Gasteiger partial charge in [-0.25, -0.2) is 4.79 Å². The van der Waals surface area contributed by atoms with Gasteiger partial charge < -0.3 is 9.84 Å². The number of aliphatic hydroxyl groups is 1. The van der Waals surface area contributed by atoms with Crippen molar-refractivity contribution in [1.29, 1.82) is 0 Å². The van der Waals surface area contributed by atoms with Crippen LogP contribution in [0.5, 0.6) is 0 Å². The maximum absolute atomic E-state index is 12.2. The van der Waals surface area contributed by atoms with Crippen LogP contribution in [0, 0.1) is 0 Å². The van der Waals surface area contributed by atoms with Crippen molar-refractivity contribution in [3.05, 3.63) is 166 Å². The molecule has 0 spiro atoms. The zero-order valence-corrected chi connectivity index (χ0v) is 29.0. The molecule has 5 heteroatoms. The summed E-state index contributed by atoms with van der Waals surface area (Å²) in [5.74, 6) is -0.343. The molecule has 0 aliphatic rings. The molecule has 6 aromatic rings. The highest BCUT2D eigenvalue weighted by molar-refractivity contribution is 9.10. The van der Waals surface area contributed by atoms with Crippen molar-refractivity contribution in [3.8, 4) is 44.5 Å². The molecule has 0 bridgehead atoms. The maximum Gasteiger partial charge on any atom is 0.338 e. The third-order valence-corrected chi connectivity index (χ3v) is 8.62. The van der Waals surface area contributed by atoms with Crippen LogP contribution in [0.3, 0.4) is 0 Å². The third-order valence-electron chi connectivity index (χ3n) is 7.63. The summed E-state index contributed by atoms with van der Waals surface area (Å²) in [5.41, 5.74) is 9.13. The summed E-state index contributed by atoms with van der Waals surface area (Å²) in [6.07, 6.45) is 0. The topological polar surface area (TPSA) is 46.5 Å². The fourth-order valence-electron chi connectivity index (χ4n) is 5.46. The summed E-state index contributed by atoms with van der Waals surface area (Å²) < 4.78 is 6.75. The second-order valence-electron chi connectivity index (χ2n) is 11.3. The Morgan fingerprint density at radius 1 is 0.543 bits per heavy atom. The van der Waals surface area contributed by atoms with E-state index in [1.807, 2.05) is 98.8 Å². The van der Waals surface area contributed by atoms with Crippen molar-refractivity contribution >= 4 is 37.8 Å². The van der Waals surface area contributed by atoms with Gasteiger partial charge in [0.25, 0.3) is 0 Å². The molecule has 0 saturated heterocycles. The Labute approximate surface area is 287 Å². The van der Waals surface area contributed by atoms with Crippen LogP contribution >= 0.6 is 31.9 Å². The Balaban J connectivity index is 0.000000181. The summed E-state index contributed by atoms with van der Waals surface area (Å²) in [6.45, 7) is 3.65. The molecule has 230 valence electrons. The van der Waals surface area contributed by atoms with Gasteiger partial charge in [-0.3, -0.25) is 0 Å². The molecule has 0 unspecified atom stereocenters. The largest absolute Gasteiger partial charge is 0.465 e. The molecule has 0 radical (unpaired) electrons. The van der Waals surface area contributed by atoms with E-state index in [-0.39, 0.29) is 5.97 Å². The lowest BCUT2D eigenvalue weighted by Gasteiger charge is -2.23. The summed E-state index contributed by atoms with van der Waals surface area (Å²) in [7, 11) is 1.40. The maximum atomic E-state index is 12.2. The standard InChI is InChI=1S/C21H19BrO.C20H15BrO2/c1-21(2,23)20-14-16(22)12-13-19(20)18-11-7-6-10-17(18)15-8-4-3-5-9-15;1-23-20(22)19-13-15(21)11-12-18(19)17-10-6-5-9-16(17)14-7-3-2-4-8-14/h3-14,23H,1-2H3;2-13H,1H3. The molecule has 1 N–H and O–H groups in total. The van der Waals surface area contributed by atoms with Gasteiger partial charge in [-0.2, -0.15) is 0 Å². The fraction of sp³-hybridized carbons (Fsp3) is 0.0976. The molecule has 0 fully saturated rings. The number of carbonyl (C=O) groups is 1. The Kier molecular flexibility index (Phi) is 10.7. The van der Waals surface area contributed by atoms with Gasteiger partial charge in [0.15, 0.2) is 0 Å². The van der Waals surface area contributed by atoms with Crippen molar-refractivity contribution in [2.45, 2.75) is 19.4 Å². The first-order valence-corrected chi connectivity index (χ1v) is 16.5. The Hall–Kier alpha value is -4.29. The highest BCUT2D eigenvalue weighted by atomic mass is 79.9. The molecular formula is C41H34Br2O3. The van der Waals surface area contributed by atoms with E-state index in [0.29, 0.717) is 5.56 Å². The quantitative estimate of drug-likeness (QED) is 0.173. The molecule has 0 amide bonds. The lowest BCUT2D eigenvalue weighted by molar-refractivity contribution is 0.0601. The second-order valence-corrected chi connectivity index (χ2v) is 13.1. The van der Waals surface area contributed by atoms with Crippen molar-refractivity contribution in [2.75, 3.05) is 7.11 Å². The van der Waals surface area contributed by atoms with E-state index in [9.17, 15) is 9.90 Å². The molecular weight excluding hydrogens is 700 g/mol. The molecule has 46 heavy (non-hydrogen) atoms. The van der Waals surface area contributed by atoms with Gasteiger partial charge in [-0.05, 0) is 88.2 Å². The summed E-state index contributed by atoms with van der Waals surface area (Å²) >= 11 is 6.94. The predicted molar refractivity (Wildman–Crippen MR) is 197 cm³/mol. The first kappa shape index (κ1) is 33.1. The SMILES string of the molecule is CC(C)(O)c1cc(Br)ccc1-c1ccccc1-c1ccccc1.COC(=O)c1cc(Br)ccc1-c1ccccc1-c1ccccc1. The summed E-state index contributed by atoms with van der Waals surface area (Å²) in [5, 5.41) is 10.6. The van der Waals surface area contributed by atoms with E-state index >= 15 is 0 Å². The first-order chi connectivity index (χ1) is 22.2. The number of ether oxygens (including phenoxy) is 1. The zero-order valence-electron chi connectivity index (χ0n) is 25.9. The monoisotopic (exact) mass is 732 g/mol. The average molecular weight is 735 g/mol. The highest BCUT2D eigenvalue weighted by Gasteiger charge is 2.22. The molecule has 0 aromatic heterocycles. The van der Waals surface area contributed by atoms with Crippen LogP contribution in [0.1, 0.15) is 29.8 Å². The normalized spacial score (nSPS) is 10.9. The Morgan fingerprint density at radius 3 is 1.43 bits per heavy atom. The van der Waals surface area contributed by atoms with Gasteiger partial charge >= 0.3 is 5.97 Å². The molecule has 3 nitrogen and oxygen atoms in total. The number of rotatable bonds is 6.